The highest BCUT2D eigenvalue weighted by molar-refractivity contribution is 5.86. The molecular weight excluding hydrogens is 438 g/mol. The van der Waals surface area contributed by atoms with Crippen LogP contribution in [-0.4, -0.2) is 45.4 Å². The van der Waals surface area contributed by atoms with Crippen molar-refractivity contribution in [3.63, 3.8) is 0 Å². The van der Waals surface area contributed by atoms with Crippen LogP contribution in [0.4, 0.5) is 0 Å². The van der Waals surface area contributed by atoms with Crippen molar-refractivity contribution in [1.29, 1.82) is 0 Å². The minimum Gasteiger partial charge on any atom is -0.388 e. The summed E-state index contributed by atoms with van der Waals surface area (Å²) in [7, 11) is 0. The predicted molar refractivity (Wildman–Crippen MR) is 135 cm³/mol. The van der Waals surface area contributed by atoms with Gasteiger partial charge in [0.05, 0.1) is 6.10 Å². The van der Waals surface area contributed by atoms with E-state index >= 15 is 0 Å². The highest BCUT2D eigenvalue weighted by Crippen LogP contribution is 2.34. The van der Waals surface area contributed by atoms with Crippen LogP contribution in [0.3, 0.4) is 0 Å². The Labute approximate surface area is 206 Å². The fourth-order valence-corrected chi connectivity index (χ4v) is 5.79. The predicted octanol–water partition coefficient (Wildman–Crippen LogP) is 4.18. The van der Waals surface area contributed by atoms with Gasteiger partial charge in [0.25, 0.3) is 0 Å². The molecule has 2 N–H and O–H groups in total. The number of hydrogen-bond donors (Lipinski definition) is 2. The number of likely N-dealkylation sites (tertiary alicyclic amines) is 1. The van der Waals surface area contributed by atoms with E-state index in [9.17, 15) is 14.7 Å². The largest absolute Gasteiger partial charge is 0.388 e. The molecule has 2 aliphatic rings. The van der Waals surface area contributed by atoms with Gasteiger partial charge in [-0.25, -0.2) is 0 Å². The first kappa shape index (κ1) is 23.5. The maximum Gasteiger partial charge on any atom is 0.222 e. The van der Waals surface area contributed by atoms with Crippen LogP contribution in [-0.2, 0) is 16.0 Å². The molecule has 1 unspecified atom stereocenters. The van der Waals surface area contributed by atoms with Crippen molar-refractivity contribution in [1.82, 2.24) is 15.2 Å². The summed E-state index contributed by atoms with van der Waals surface area (Å²) in [6.45, 7) is 1.31. The third-order valence-corrected chi connectivity index (χ3v) is 7.83. The van der Waals surface area contributed by atoms with E-state index in [4.69, 9.17) is 0 Å². The van der Waals surface area contributed by atoms with Crippen molar-refractivity contribution in [3.05, 3.63) is 78.1 Å². The Kier molecular flexibility index (Phi) is 6.82. The monoisotopic (exact) mass is 471 g/mol. The highest BCUT2D eigenvalue weighted by Gasteiger charge is 2.39. The normalized spacial score (nSPS) is 21.7. The minimum atomic E-state index is -0.543. The Morgan fingerprint density at radius 2 is 1.91 bits per heavy atom. The van der Waals surface area contributed by atoms with Crippen LogP contribution >= 0.6 is 0 Å². The van der Waals surface area contributed by atoms with Crippen LogP contribution in [0, 0.1) is 5.92 Å². The molecular formula is C29H33N3O3. The molecule has 35 heavy (non-hydrogen) atoms. The summed E-state index contributed by atoms with van der Waals surface area (Å²) in [4.78, 5) is 31.4. The molecule has 182 valence electrons. The lowest BCUT2D eigenvalue weighted by Crippen LogP contribution is -2.45. The highest BCUT2D eigenvalue weighted by atomic mass is 16.3. The first-order valence-corrected chi connectivity index (χ1v) is 12.7. The number of nitrogens with one attached hydrogen (secondary N) is 1. The second-order valence-corrected chi connectivity index (χ2v) is 10.1. The standard InChI is InChI=1S/C29H33N3O3/c33-26-10-14-29(31-26,19-23-7-3-6-21-5-1-2-9-25(21)23)15-11-27(34)32-17-12-22(13-18-32)28(35)24-8-4-16-30-20-24/h1-9,16,20,22,28,35H,10-15,17-19H2,(H,31,33)/t28?,29-/m0/s1. The number of piperidine rings is 1. The molecule has 0 radical (unpaired) electrons. The number of carbonyl (C=O) groups is 2. The van der Waals surface area contributed by atoms with Crippen LogP contribution in [0.1, 0.15) is 55.8 Å². The van der Waals surface area contributed by atoms with Crippen LogP contribution in [0.2, 0.25) is 0 Å². The summed E-state index contributed by atoms with van der Waals surface area (Å²) < 4.78 is 0. The number of nitrogens with zero attached hydrogens (tertiary/aromatic N) is 2. The first-order valence-electron chi connectivity index (χ1n) is 12.7. The van der Waals surface area contributed by atoms with E-state index in [0.29, 0.717) is 32.4 Å². The van der Waals surface area contributed by atoms with Gasteiger partial charge in [0.2, 0.25) is 11.8 Å². The summed E-state index contributed by atoms with van der Waals surface area (Å²) in [6, 6.07) is 18.4. The third kappa shape index (κ3) is 5.22. The topological polar surface area (TPSA) is 82.5 Å². The van der Waals surface area contributed by atoms with Gasteiger partial charge in [-0.3, -0.25) is 14.6 Å². The zero-order valence-electron chi connectivity index (χ0n) is 20.0. The lowest BCUT2D eigenvalue weighted by atomic mass is 9.83. The number of fused-ring (bicyclic) bond motifs is 1. The molecule has 0 spiro atoms. The van der Waals surface area contributed by atoms with Crippen molar-refractivity contribution >= 4 is 22.6 Å². The van der Waals surface area contributed by atoms with Gasteiger partial charge in [-0.05, 0) is 66.0 Å². The fraction of sp³-hybridized carbons (Fsp3) is 0.414. The van der Waals surface area contributed by atoms with Gasteiger partial charge < -0.3 is 15.3 Å². The molecule has 2 atom stereocenters. The minimum absolute atomic E-state index is 0.0721. The van der Waals surface area contributed by atoms with Crippen LogP contribution in [0.25, 0.3) is 10.8 Å². The zero-order chi connectivity index (χ0) is 24.3. The van der Waals surface area contributed by atoms with Crippen molar-refractivity contribution in [2.75, 3.05) is 13.1 Å². The molecule has 2 saturated heterocycles. The van der Waals surface area contributed by atoms with Crippen LogP contribution in [0.15, 0.2) is 67.0 Å². The molecule has 3 aromatic rings. The summed E-state index contributed by atoms with van der Waals surface area (Å²) in [6.07, 6.45) is 7.48. The Morgan fingerprint density at radius 1 is 1.11 bits per heavy atom. The Bertz CT molecular complexity index is 1180. The van der Waals surface area contributed by atoms with E-state index in [1.807, 2.05) is 29.2 Å². The number of hydrogen-bond acceptors (Lipinski definition) is 4. The summed E-state index contributed by atoms with van der Waals surface area (Å²) in [5, 5.41) is 16.3. The van der Waals surface area contributed by atoms with Crippen LogP contribution in [0.5, 0.6) is 0 Å². The maximum atomic E-state index is 13.1. The van der Waals surface area contributed by atoms with E-state index in [1.165, 1.54) is 16.3 Å². The van der Waals surface area contributed by atoms with E-state index in [-0.39, 0.29) is 23.3 Å². The van der Waals surface area contributed by atoms with Gasteiger partial charge in [-0.15, -0.1) is 0 Å². The zero-order valence-corrected chi connectivity index (χ0v) is 20.0. The van der Waals surface area contributed by atoms with Crippen LogP contribution < -0.4 is 5.32 Å². The van der Waals surface area contributed by atoms with Crippen molar-refractivity contribution in [2.24, 2.45) is 5.92 Å². The molecule has 2 aliphatic heterocycles. The quantitative estimate of drug-likeness (QED) is 0.542. The summed E-state index contributed by atoms with van der Waals surface area (Å²) in [5.41, 5.74) is 1.67. The molecule has 6 heteroatoms. The molecule has 2 aromatic carbocycles. The molecule has 2 amide bonds. The SMILES string of the molecule is O=C1CC[C@](CCC(=O)N2CCC(C(O)c3cccnc3)CC2)(Cc2cccc3ccccc23)N1. The number of benzene rings is 2. The lowest BCUT2D eigenvalue weighted by Gasteiger charge is -2.35. The lowest BCUT2D eigenvalue weighted by molar-refractivity contribution is -0.134. The van der Waals surface area contributed by atoms with E-state index in [1.54, 1.807) is 12.4 Å². The fourth-order valence-electron chi connectivity index (χ4n) is 5.79. The van der Waals surface area contributed by atoms with E-state index < -0.39 is 6.10 Å². The van der Waals surface area contributed by atoms with Gasteiger partial charge in [-0.1, -0.05) is 48.5 Å². The average molecular weight is 472 g/mol. The number of amides is 2. The van der Waals surface area contributed by atoms with Gasteiger partial charge >= 0.3 is 0 Å². The average Bonchev–Trinajstić information content (AvgIpc) is 3.28. The Hall–Kier alpha value is -3.25. The molecule has 3 heterocycles. The Balaban J connectivity index is 1.21. The number of carbonyl (C=O) groups excluding carboxylic acids is 2. The number of aromatic nitrogens is 1. The van der Waals surface area contributed by atoms with Gasteiger partial charge in [0.15, 0.2) is 0 Å². The molecule has 1 aromatic heterocycles. The number of aliphatic hydroxyl groups excluding tert-OH is 1. The molecule has 6 nitrogen and oxygen atoms in total. The first-order chi connectivity index (χ1) is 17.0. The molecule has 5 rings (SSSR count). The smallest absolute Gasteiger partial charge is 0.222 e. The van der Waals surface area contributed by atoms with Gasteiger partial charge in [-0.2, -0.15) is 0 Å². The van der Waals surface area contributed by atoms with Crippen molar-refractivity contribution in [2.45, 2.75) is 56.6 Å². The summed E-state index contributed by atoms with van der Waals surface area (Å²) >= 11 is 0. The van der Waals surface area contributed by atoms with E-state index in [0.717, 1.165) is 31.2 Å². The number of rotatable bonds is 7. The molecule has 0 saturated carbocycles. The molecule has 0 aliphatic carbocycles. The van der Waals surface area contributed by atoms with E-state index in [2.05, 4.69) is 40.6 Å². The number of aliphatic hydroxyl groups is 1. The second kappa shape index (κ2) is 10.2. The van der Waals surface area contributed by atoms with Crippen molar-refractivity contribution < 1.29 is 14.7 Å². The maximum absolute atomic E-state index is 13.1. The molecule has 2 fully saturated rings. The van der Waals surface area contributed by atoms with Crippen molar-refractivity contribution in [3.8, 4) is 0 Å². The third-order valence-electron chi connectivity index (χ3n) is 7.83. The molecule has 0 bridgehead atoms. The second-order valence-electron chi connectivity index (χ2n) is 10.1. The van der Waals surface area contributed by atoms with Gasteiger partial charge in [0.1, 0.15) is 0 Å². The number of pyridine rings is 1. The summed E-state index contributed by atoms with van der Waals surface area (Å²) in [5.74, 6) is 0.343. The Morgan fingerprint density at radius 3 is 2.66 bits per heavy atom. The van der Waals surface area contributed by atoms with Gasteiger partial charge in [0, 0.05) is 43.9 Å².